The number of allylic oxidation sites excluding steroid dienone is 4. The van der Waals surface area contributed by atoms with Crippen molar-refractivity contribution in [2.45, 2.75) is 213 Å². The van der Waals surface area contributed by atoms with E-state index < -0.39 is 6.10 Å². The fraction of sp³-hybridized carbons (Fsp3) is 0.833. The van der Waals surface area contributed by atoms with Gasteiger partial charge in [0.2, 0.25) is 0 Å². The first-order valence-electron chi connectivity index (χ1n) is 20.3. The first-order chi connectivity index (χ1) is 23.5. The summed E-state index contributed by atoms with van der Waals surface area (Å²) in [5.74, 6) is -0.908. The Morgan fingerprint density at radius 1 is 0.396 bits per heavy atom. The molecule has 0 rings (SSSR count). The summed E-state index contributed by atoms with van der Waals surface area (Å²) >= 11 is 0. The van der Waals surface area contributed by atoms with Crippen molar-refractivity contribution in [2.75, 3.05) is 13.2 Å². The summed E-state index contributed by atoms with van der Waals surface area (Å²) in [5, 5.41) is 0. The Balaban J connectivity index is 4.34. The van der Waals surface area contributed by atoms with Crippen LogP contribution in [0.15, 0.2) is 24.3 Å². The molecular weight excluding hydrogens is 600 g/mol. The predicted octanol–water partition coefficient (Wildman–Crippen LogP) is 12.5. The van der Waals surface area contributed by atoms with E-state index >= 15 is 0 Å². The maximum Gasteiger partial charge on any atom is 0.306 e. The van der Waals surface area contributed by atoms with Gasteiger partial charge in [-0.25, -0.2) is 0 Å². The number of esters is 3. The predicted molar refractivity (Wildman–Crippen MR) is 201 cm³/mol. The van der Waals surface area contributed by atoms with E-state index in [4.69, 9.17) is 14.2 Å². The van der Waals surface area contributed by atoms with Gasteiger partial charge in [-0.3, -0.25) is 14.4 Å². The lowest BCUT2D eigenvalue weighted by Crippen LogP contribution is -2.30. The van der Waals surface area contributed by atoms with Gasteiger partial charge in [0.25, 0.3) is 0 Å². The Hall–Kier alpha value is -2.11. The van der Waals surface area contributed by atoms with Crippen molar-refractivity contribution >= 4 is 17.9 Å². The molecule has 6 nitrogen and oxygen atoms in total. The number of carbonyl (C=O) groups excluding carboxylic acids is 3. The first-order valence-corrected chi connectivity index (χ1v) is 20.3. The number of unbranched alkanes of at least 4 members (excludes halogenated alkanes) is 21. The van der Waals surface area contributed by atoms with E-state index in [1.165, 1.54) is 89.9 Å². The molecule has 0 bridgehead atoms. The van der Waals surface area contributed by atoms with Gasteiger partial charge >= 0.3 is 17.9 Å². The average Bonchev–Trinajstić information content (AvgIpc) is 3.08. The second-order valence-electron chi connectivity index (χ2n) is 13.5. The van der Waals surface area contributed by atoms with E-state index in [0.29, 0.717) is 19.3 Å². The zero-order valence-electron chi connectivity index (χ0n) is 31.8. The molecule has 48 heavy (non-hydrogen) atoms. The van der Waals surface area contributed by atoms with Crippen LogP contribution in [-0.2, 0) is 28.6 Å². The van der Waals surface area contributed by atoms with Gasteiger partial charge in [-0.15, -0.1) is 0 Å². The van der Waals surface area contributed by atoms with E-state index in [9.17, 15) is 14.4 Å². The molecular formula is C42H76O6. The SMILES string of the molecule is CCCCC/C=C\CCCCCCCC(=O)OCC(COC(=O)CCCCCCCC)OC(=O)CCCCCCC/C=C\CCCCC. The Morgan fingerprint density at radius 3 is 1.08 bits per heavy atom. The van der Waals surface area contributed by atoms with Gasteiger partial charge in [0.05, 0.1) is 0 Å². The molecule has 0 fully saturated rings. The van der Waals surface area contributed by atoms with Crippen molar-refractivity contribution in [1.29, 1.82) is 0 Å². The summed E-state index contributed by atoms with van der Waals surface area (Å²) in [6.45, 7) is 6.49. The smallest absolute Gasteiger partial charge is 0.306 e. The molecule has 0 aromatic heterocycles. The van der Waals surface area contributed by atoms with Gasteiger partial charge in [-0.05, 0) is 70.6 Å². The highest BCUT2D eigenvalue weighted by Crippen LogP contribution is 2.13. The third-order valence-electron chi connectivity index (χ3n) is 8.68. The van der Waals surface area contributed by atoms with Crippen LogP contribution >= 0.6 is 0 Å². The minimum atomic E-state index is -0.769. The van der Waals surface area contributed by atoms with Crippen LogP contribution in [0.25, 0.3) is 0 Å². The van der Waals surface area contributed by atoms with Gasteiger partial charge < -0.3 is 14.2 Å². The first kappa shape index (κ1) is 45.9. The Kier molecular flexibility index (Phi) is 36.0. The van der Waals surface area contributed by atoms with Gasteiger partial charge in [-0.1, -0.05) is 141 Å². The molecule has 0 aromatic rings. The molecule has 280 valence electrons. The normalized spacial score (nSPS) is 12.1. The molecule has 0 radical (unpaired) electrons. The van der Waals surface area contributed by atoms with Gasteiger partial charge in [0, 0.05) is 19.3 Å². The van der Waals surface area contributed by atoms with Gasteiger partial charge in [0.15, 0.2) is 6.10 Å². The maximum absolute atomic E-state index is 12.6. The fourth-order valence-electron chi connectivity index (χ4n) is 5.55. The summed E-state index contributed by atoms with van der Waals surface area (Å²) in [6, 6.07) is 0. The third-order valence-corrected chi connectivity index (χ3v) is 8.68. The van der Waals surface area contributed by atoms with Crippen molar-refractivity contribution in [3.63, 3.8) is 0 Å². The second kappa shape index (κ2) is 37.7. The van der Waals surface area contributed by atoms with Crippen LogP contribution in [0.3, 0.4) is 0 Å². The van der Waals surface area contributed by atoms with E-state index in [-0.39, 0.29) is 31.1 Å². The maximum atomic E-state index is 12.6. The average molecular weight is 677 g/mol. The lowest BCUT2D eigenvalue weighted by atomic mass is 10.1. The van der Waals surface area contributed by atoms with E-state index in [1.807, 2.05) is 0 Å². The quantitative estimate of drug-likeness (QED) is 0.0284. The van der Waals surface area contributed by atoms with E-state index in [2.05, 4.69) is 45.1 Å². The summed E-state index contributed by atoms with van der Waals surface area (Å²) < 4.78 is 16.5. The molecule has 0 N–H and O–H groups in total. The van der Waals surface area contributed by atoms with Crippen molar-refractivity contribution in [3.05, 3.63) is 24.3 Å². The highest BCUT2D eigenvalue weighted by molar-refractivity contribution is 5.71. The Labute approximate surface area is 296 Å². The van der Waals surface area contributed by atoms with Crippen LogP contribution in [0, 0.1) is 0 Å². The molecule has 0 spiro atoms. The minimum absolute atomic E-state index is 0.0767. The molecule has 1 unspecified atom stereocenters. The van der Waals surface area contributed by atoms with Crippen molar-refractivity contribution < 1.29 is 28.6 Å². The number of hydrogen-bond donors (Lipinski definition) is 0. The fourth-order valence-corrected chi connectivity index (χ4v) is 5.55. The summed E-state index contributed by atoms with van der Waals surface area (Å²) in [7, 11) is 0. The molecule has 0 saturated carbocycles. The van der Waals surface area contributed by atoms with Gasteiger partial charge in [-0.2, -0.15) is 0 Å². The van der Waals surface area contributed by atoms with Crippen LogP contribution in [0.5, 0.6) is 0 Å². The number of rotatable bonds is 36. The highest BCUT2D eigenvalue weighted by Gasteiger charge is 2.19. The molecule has 0 aliphatic carbocycles. The third kappa shape index (κ3) is 35.2. The standard InChI is InChI=1S/C42H76O6/c1-4-7-10-13-16-18-20-22-24-26-29-32-35-41(44)47-38-39(37-46-40(43)34-31-28-15-12-9-6-3)48-42(45)36-33-30-27-25-23-21-19-17-14-11-8-5-2/h16-19,39H,4-15,20-38H2,1-3H3/b18-16-,19-17-. The van der Waals surface area contributed by atoms with Crippen LogP contribution in [-0.4, -0.2) is 37.2 Å². The Bertz CT molecular complexity index is 789. The van der Waals surface area contributed by atoms with Crippen LogP contribution < -0.4 is 0 Å². The molecule has 6 heteroatoms. The highest BCUT2D eigenvalue weighted by atomic mass is 16.6. The van der Waals surface area contributed by atoms with Crippen molar-refractivity contribution in [2.24, 2.45) is 0 Å². The largest absolute Gasteiger partial charge is 0.462 e. The van der Waals surface area contributed by atoms with Crippen LogP contribution in [0.2, 0.25) is 0 Å². The number of ether oxygens (including phenoxy) is 3. The molecule has 0 heterocycles. The summed E-state index contributed by atoms with van der Waals surface area (Å²) in [6.07, 6.45) is 38.9. The second-order valence-corrected chi connectivity index (χ2v) is 13.5. The number of hydrogen-bond acceptors (Lipinski definition) is 6. The van der Waals surface area contributed by atoms with Gasteiger partial charge in [0.1, 0.15) is 13.2 Å². The Morgan fingerprint density at radius 2 is 0.688 bits per heavy atom. The number of carbonyl (C=O) groups is 3. The molecule has 0 aromatic carbocycles. The molecule has 1 atom stereocenters. The van der Waals surface area contributed by atoms with Crippen LogP contribution in [0.4, 0.5) is 0 Å². The molecule has 0 aliphatic heterocycles. The summed E-state index contributed by atoms with van der Waals surface area (Å²) in [4.78, 5) is 37.3. The van der Waals surface area contributed by atoms with Crippen molar-refractivity contribution in [1.82, 2.24) is 0 Å². The minimum Gasteiger partial charge on any atom is -0.462 e. The van der Waals surface area contributed by atoms with Crippen molar-refractivity contribution in [3.8, 4) is 0 Å². The molecule has 0 aliphatic rings. The monoisotopic (exact) mass is 677 g/mol. The lowest BCUT2D eigenvalue weighted by molar-refractivity contribution is -0.167. The lowest BCUT2D eigenvalue weighted by Gasteiger charge is -2.18. The molecule has 0 saturated heterocycles. The molecule has 0 amide bonds. The van der Waals surface area contributed by atoms with Crippen LogP contribution in [0.1, 0.15) is 207 Å². The summed E-state index contributed by atoms with van der Waals surface area (Å²) in [5.41, 5.74) is 0. The zero-order valence-corrected chi connectivity index (χ0v) is 31.8. The zero-order chi connectivity index (χ0) is 35.2. The van der Waals surface area contributed by atoms with E-state index in [0.717, 1.165) is 77.0 Å². The topological polar surface area (TPSA) is 78.9 Å². The van der Waals surface area contributed by atoms with E-state index in [1.54, 1.807) is 0 Å².